The van der Waals surface area contributed by atoms with Gasteiger partial charge in [-0.2, -0.15) is 0 Å². The van der Waals surface area contributed by atoms with Gasteiger partial charge in [-0.1, -0.05) is 18.2 Å². The molecule has 1 aromatic carbocycles. The standard InChI is InChI=1S/C19H17N3O3/c23-17-11-22(15-5-7-20-10-14(15)21-17)18(24)13-9-19(13)6-8-25-16-4-2-1-3-12(16)19/h1-5,7,10,13H,6,8-9,11H2,(H,21,23). The number of nitrogens with zero attached hydrogens (tertiary/aromatic N) is 2. The number of para-hydroxylation sites is 1. The molecule has 6 heteroatoms. The van der Waals surface area contributed by atoms with Crippen LogP contribution in [0.4, 0.5) is 11.4 Å². The molecule has 1 spiro atoms. The first-order valence-corrected chi connectivity index (χ1v) is 8.47. The van der Waals surface area contributed by atoms with Crippen molar-refractivity contribution in [3.8, 4) is 5.75 Å². The van der Waals surface area contributed by atoms with Crippen LogP contribution in [0.3, 0.4) is 0 Å². The molecular weight excluding hydrogens is 318 g/mol. The molecule has 126 valence electrons. The van der Waals surface area contributed by atoms with E-state index in [0.29, 0.717) is 12.3 Å². The Hall–Kier alpha value is -2.89. The molecule has 1 fully saturated rings. The minimum Gasteiger partial charge on any atom is -0.493 e. The van der Waals surface area contributed by atoms with E-state index in [1.54, 1.807) is 23.4 Å². The summed E-state index contributed by atoms with van der Waals surface area (Å²) in [5.41, 5.74) is 2.29. The zero-order valence-corrected chi connectivity index (χ0v) is 13.6. The Bertz CT molecular complexity index is 897. The van der Waals surface area contributed by atoms with Crippen molar-refractivity contribution in [2.24, 2.45) is 5.92 Å². The van der Waals surface area contributed by atoms with Gasteiger partial charge in [0.25, 0.3) is 0 Å². The molecule has 3 heterocycles. The zero-order chi connectivity index (χ0) is 17.0. The highest BCUT2D eigenvalue weighted by Gasteiger charge is 2.62. The summed E-state index contributed by atoms with van der Waals surface area (Å²) in [6.07, 6.45) is 4.87. The molecule has 0 saturated heterocycles. The van der Waals surface area contributed by atoms with Gasteiger partial charge in [-0.15, -0.1) is 0 Å². The highest BCUT2D eigenvalue weighted by molar-refractivity contribution is 6.11. The van der Waals surface area contributed by atoms with E-state index in [-0.39, 0.29) is 29.7 Å². The molecule has 1 aliphatic carbocycles. The molecule has 1 N–H and O–H groups in total. The maximum Gasteiger partial charge on any atom is 0.244 e. The van der Waals surface area contributed by atoms with Gasteiger partial charge >= 0.3 is 0 Å². The molecule has 2 unspecified atom stereocenters. The van der Waals surface area contributed by atoms with Crippen LogP contribution in [0.15, 0.2) is 42.7 Å². The summed E-state index contributed by atoms with van der Waals surface area (Å²) in [4.78, 5) is 30.9. The monoisotopic (exact) mass is 335 g/mol. The van der Waals surface area contributed by atoms with E-state index < -0.39 is 0 Å². The molecule has 25 heavy (non-hydrogen) atoms. The predicted octanol–water partition coefficient (Wildman–Crippen LogP) is 2.11. The second kappa shape index (κ2) is 5.05. The summed E-state index contributed by atoms with van der Waals surface area (Å²) in [5.74, 6) is 0.601. The van der Waals surface area contributed by atoms with Crippen LogP contribution < -0.4 is 15.0 Å². The van der Waals surface area contributed by atoms with Crippen molar-refractivity contribution >= 4 is 23.2 Å². The molecule has 1 aromatic heterocycles. The average molecular weight is 335 g/mol. The van der Waals surface area contributed by atoms with Crippen LogP contribution in [0.25, 0.3) is 0 Å². The van der Waals surface area contributed by atoms with E-state index in [1.807, 2.05) is 18.2 Å². The number of carbonyl (C=O) groups is 2. The number of nitrogens with one attached hydrogen (secondary N) is 1. The van der Waals surface area contributed by atoms with Crippen LogP contribution >= 0.6 is 0 Å². The van der Waals surface area contributed by atoms with Crippen molar-refractivity contribution in [3.05, 3.63) is 48.3 Å². The quantitative estimate of drug-likeness (QED) is 0.866. The van der Waals surface area contributed by atoms with E-state index in [9.17, 15) is 9.59 Å². The van der Waals surface area contributed by atoms with E-state index in [1.165, 1.54) is 0 Å². The van der Waals surface area contributed by atoms with E-state index in [0.717, 1.165) is 29.8 Å². The molecule has 2 amide bonds. The maximum atomic E-state index is 13.2. The van der Waals surface area contributed by atoms with Gasteiger partial charge in [0.05, 0.1) is 24.2 Å². The number of rotatable bonds is 1. The van der Waals surface area contributed by atoms with Gasteiger partial charge in [-0.25, -0.2) is 0 Å². The van der Waals surface area contributed by atoms with Gasteiger partial charge in [-0.3, -0.25) is 14.6 Å². The summed E-state index contributed by atoms with van der Waals surface area (Å²) in [6.45, 7) is 0.683. The Morgan fingerprint density at radius 1 is 1.32 bits per heavy atom. The zero-order valence-electron chi connectivity index (χ0n) is 13.6. The van der Waals surface area contributed by atoms with Gasteiger partial charge in [-0.05, 0) is 25.0 Å². The Morgan fingerprint density at radius 2 is 2.20 bits per heavy atom. The normalized spacial score (nSPS) is 26.3. The third kappa shape index (κ3) is 2.06. The molecule has 0 radical (unpaired) electrons. The molecule has 1 saturated carbocycles. The molecule has 2 aromatic rings. The number of fused-ring (bicyclic) bond motifs is 3. The largest absolute Gasteiger partial charge is 0.493 e. The van der Waals surface area contributed by atoms with Crippen molar-refractivity contribution in [1.29, 1.82) is 0 Å². The van der Waals surface area contributed by atoms with Gasteiger partial charge in [0.15, 0.2) is 0 Å². The van der Waals surface area contributed by atoms with Crippen LogP contribution in [0.2, 0.25) is 0 Å². The Balaban J connectivity index is 1.49. The lowest BCUT2D eigenvalue weighted by atomic mass is 9.87. The van der Waals surface area contributed by atoms with Crippen LogP contribution in [0, 0.1) is 5.92 Å². The van der Waals surface area contributed by atoms with Crippen LogP contribution in [-0.2, 0) is 15.0 Å². The minimum atomic E-state index is -0.184. The number of carbonyl (C=O) groups excluding carboxylic acids is 2. The molecule has 3 aliphatic rings. The number of pyridine rings is 1. The van der Waals surface area contributed by atoms with Crippen molar-refractivity contribution in [1.82, 2.24) is 4.98 Å². The number of anilines is 2. The Kier molecular flexibility index (Phi) is 2.92. The lowest BCUT2D eigenvalue weighted by Crippen LogP contribution is -2.44. The van der Waals surface area contributed by atoms with Crippen LogP contribution in [0.1, 0.15) is 18.4 Å². The number of aromatic nitrogens is 1. The van der Waals surface area contributed by atoms with Gasteiger partial charge in [0.2, 0.25) is 11.8 Å². The SMILES string of the molecule is O=C1CN(C(=O)C2CC23CCOc2ccccc23)c2ccncc2N1. The van der Waals surface area contributed by atoms with Gasteiger partial charge in [0, 0.05) is 23.1 Å². The third-order valence-electron chi connectivity index (χ3n) is 5.53. The summed E-state index contributed by atoms with van der Waals surface area (Å²) >= 11 is 0. The fraction of sp³-hybridized carbons (Fsp3) is 0.316. The molecule has 2 aliphatic heterocycles. The summed E-state index contributed by atoms with van der Waals surface area (Å²) < 4.78 is 5.75. The van der Waals surface area contributed by atoms with Crippen molar-refractivity contribution in [3.63, 3.8) is 0 Å². The fourth-order valence-electron chi connectivity index (χ4n) is 4.21. The van der Waals surface area contributed by atoms with E-state index in [4.69, 9.17) is 4.74 Å². The maximum absolute atomic E-state index is 13.2. The Morgan fingerprint density at radius 3 is 3.12 bits per heavy atom. The summed E-state index contributed by atoms with van der Waals surface area (Å²) in [5, 5.41) is 2.78. The number of hydrogen-bond donors (Lipinski definition) is 1. The minimum absolute atomic E-state index is 0.0130. The predicted molar refractivity (Wildman–Crippen MR) is 91.6 cm³/mol. The lowest BCUT2D eigenvalue weighted by Gasteiger charge is -2.31. The second-order valence-corrected chi connectivity index (χ2v) is 6.87. The number of amides is 2. The average Bonchev–Trinajstić information content (AvgIpc) is 3.35. The highest BCUT2D eigenvalue weighted by Crippen LogP contribution is 2.61. The third-order valence-corrected chi connectivity index (χ3v) is 5.53. The molecular formula is C19H17N3O3. The van der Waals surface area contributed by atoms with Gasteiger partial charge in [0.1, 0.15) is 12.3 Å². The van der Waals surface area contributed by atoms with E-state index in [2.05, 4.69) is 16.4 Å². The number of hydrogen-bond acceptors (Lipinski definition) is 4. The number of benzene rings is 1. The topological polar surface area (TPSA) is 71.5 Å². The van der Waals surface area contributed by atoms with Crippen LogP contribution in [-0.4, -0.2) is 29.9 Å². The first kappa shape index (κ1) is 14.5. The molecule has 2 atom stereocenters. The Labute approximate surface area is 144 Å². The summed E-state index contributed by atoms with van der Waals surface area (Å²) in [6, 6.07) is 9.74. The van der Waals surface area contributed by atoms with Crippen molar-refractivity contribution in [2.75, 3.05) is 23.4 Å². The fourth-order valence-corrected chi connectivity index (χ4v) is 4.21. The number of ether oxygens (including phenoxy) is 1. The van der Waals surface area contributed by atoms with Crippen molar-refractivity contribution in [2.45, 2.75) is 18.3 Å². The smallest absolute Gasteiger partial charge is 0.244 e. The summed E-state index contributed by atoms with van der Waals surface area (Å²) in [7, 11) is 0. The molecule has 0 bridgehead atoms. The van der Waals surface area contributed by atoms with Crippen LogP contribution in [0.5, 0.6) is 5.75 Å². The second-order valence-electron chi connectivity index (χ2n) is 6.87. The first-order chi connectivity index (χ1) is 12.2. The van der Waals surface area contributed by atoms with E-state index >= 15 is 0 Å². The molecule has 5 rings (SSSR count). The first-order valence-electron chi connectivity index (χ1n) is 8.47. The highest BCUT2D eigenvalue weighted by atomic mass is 16.5. The van der Waals surface area contributed by atoms with Crippen molar-refractivity contribution < 1.29 is 14.3 Å². The van der Waals surface area contributed by atoms with Gasteiger partial charge < -0.3 is 15.0 Å². The molecule has 6 nitrogen and oxygen atoms in total. The lowest BCUT2D eigenvalue weighted by molar-refractivity contribution is -0.123.